The fourth-order valence-electron chi connectivity index (χ4n) is 9.78. The molecule has 0 spiro atoms. The first-order chi connectivity index (χ1) is 32.2. The van der Waals surface area contributed by atoms with Gasteiger partial charge in [-0.15, -0.1) is 0 Å². The summed E-state index contributed by atoms with van der Waals surface area (Å²) in [5.41, 5.74) is 15.4. The molecule has 65 heavy (non-hydrogen) atoms. The van der Waals surface area contributed by atoms with Gasteiger partial charge in [0.05, 0.1) is 0 Å². The molecular weight excluding hydrogens is 783 g/mol. The topological polar surface area (TPSA) is 3.24 Å². The predicted octanol–water partition coefficient (Wildman–Crippen LogP) is 18.1. The molecule has 1 heteroatoms. The van der Waals surface area contributed by atoms with Gasteiger partial charge in [0.25, 0.3) is 0 Å². The van der Waals surface area contributed by atoms with Crippen LogP contribution in [0.25, 0.3) is 98.7 Å². The summed E-state index contributed by atoms with van der Waals surface area (Å²) in [6, 6.07) is 95.1. The van der Waals surface area contributed by atoms with Crippen LogP contribution in [0.4, 0.5) is 17.1 Å². The third kappa shape index (κ3) is 7.10. The highest BCUT2D eigenvalue weighted by Gasteiger charge is 2.16. The Morgan fingerprint density at radius 2 is 0.508 bits per heavy atom. The minimum atomic E-state index is 1.09. The van der Waals surface area contributed by atoms with Crippen LogP contribution in [0.3, 0.4) is 0 Å². The summed E-state index contributed by atoms with van der Waals surface area (Å²) in [5, 5.41) is 10.2. The first-order valence-corrected chi connectivity index (χ1v) is 22.4. The second-order valence-electron chi connectivity index (χ2n) is 16.9. The van der Waals surface area contributed by atoms with E-state index < -0.39 is 0 Å². The maximum atomic E-state index is 2.37. The normalized spacial score (nSPS) is 11.4. The lowest BCUT2D eigenvalue weighted by Gasteiger charge is -2.26. The highest BCUT2D eigenvalue weighted by Crippen LogP contribution is 2.41. The number of fused-ring (bicyclic) bond motifs is 6. The summed E-state index contributed by atoms with van der Waals surface area (Å²) in [6.45, 7) is 0. The monoisotopic (exact) mass is 825 g/mol. The van der Waals surface area contributed by atoms with Crippen LogP contribution in [-0.4, -0.2) is 0 Å². The molecule has 0 aliphatic rings. The number of nitrogens with zero attached hydrogens (tertiary/aromatic N) is 1. The maximum Gasteiger partial charge on any atom is 0.0462 e. The minimum Gasteiger partial charge on any atom is -0.311 e. The van der Waals surface area contributed by atoms with E-state index in [0.29, 0.717) is 0 Å². The van der Waals surface area contributed by atoms with Gasteiger partial charge < -0.3 is 4.90 Å². The van der Waals surface area contributed by atoms with E-state index in [1.54, 1.807) is 0 Å². The second-order valence-corrected chi connectivity index (χ2v) is 16.9. The zero-order chi connectivity index (χ0) is 43.1. The largest absolute Gasteiger partial charge is 0.311 e. The molecule has 0 atom stereocenters. The zero-order valence-corrected chi connectivity index (χ0v) is 35.8. The van der Waals surface area contributed by atoms with Gasteiger partial charge in [0.15, 0.2) is 0 Å². The van der Waals surface area contributed by atoms with Crippen LogP contribution in [0, 0.1) is 0 Å². The van der Waals surface area contributed by atoms with E-state index >= 15 is 0 Å². The summed E-state index contributed by atoms with van der Waals surface area (Å²) in [5.74, 6) is 0. The molecule has 12 aromatic carbocycles. The first kappa shape index (κ1) is 38.2. The number of anilines is 3. The van der Waals surface area contributed by atoms with Crippen molar-refractivity contribution >= 4 is 60.2 Å². The Morgan fingerprint density at radius 3 is 1.00 bits per heavy atom. The lowest BCUT2D eigenvalue weighted by Crippen LogP contribution is -2.09. The summed E-state index contributed by atoms with van der Waals surface area (Å²) in [6.07, 6.45) is 0. The van der Waals surface area contributed by atoms with Gasteiger partial charge in [-0.05, 0) is 153 Å². The summed E-state index contributed by atoms with van der Waals surface area (Å²) >= 11 is 0. The van der Waals surface area contributed by atoms with Crippen molar-refractivity contribution in [2.75, 3.05) is 4.90 Å². The molecule has 304 valence electrons. The van der Waals surface area contributed by atoms with E-state index in [1.807, 2.05) is 0 Å². The Balaban J connectivity index is 0.914. The zero-order valence-electron chi connectivity index (χ0n) is 35.8. The van der Waals surface area contributed by atoms with E-state index in [-0.39, 0.29) is 0 Å². The van der Waals surface area contributed by atoms with Crippen molar-refractivity contribution in [3.05, 3.63) is 261 Å². The van der Waals surface area contributed by atoms with Gasteiger partial charge in [0.2, 0.25) is 0 Å². The molecule has 0 amide bonds. The van der Waals surface area contributed by atoms with Gasteiger partial charge in [-0.25, -0.2) is 0 Å². The van der Waals surface area contributed by atoms with Crippen LogP contribution in [0.15, 0.2) is 261 Å². The summed E-state index contributed by atoms with van der Waals surface area (Å²) < 4.78 is 0. The average Bonchev–Trinajstić information content (AvgIpc) is 3.39. The van der Waals surface area contributed by atoms with Gasteiger partial charge in [-0.3, -0.25) is 0 Å². The van der Waals surface area contributed by atoms with E-state index in [2.05, 4.69) is 266 Å². The number of hydrogen-bond donors (Lipinski definition) is 0. The molecule has 0 N–H and O–H groups in total. The van der Waals surface area contributed by atoms with Crippen LogP contribution in [-0.2, 0) is 0 Å². The molecule has 0 aliphatic carbocycles. The van der Waals surface area contributed by atoms with Crippen molar-refractivity contribution in [3.8, 4) is 55.6 Å². The summed E-state index contributed by atoms with van der Waals surface area (Å²) in [7, 11) is 0. The molecule has 0 fully saturated rings. The van der Waals surface area contributed by atoms with E-state index in [9.17, 15) is 0 Å². The quantitative estimate of drug-likeness (QED) is 0.138. The van der Waals surface area contributed by atoms with Gasteiger partial charge in [-0.2, -0.15) is 0 Å². The van der Waals surface area contributed by atoms with Gasteiger partial charge >= 0.3 is 0 Å². The molecule has 0 unspecified atom stereocenters. The van der Waals surface area contributed by atoms with Crippen molar-refractivity contribution in [1.29, 1.82) is 0 Å². The number of rotatable bonds is 8. The highest BCUT2D eigenvalue weighted by atomic mass is 15.1. The van der Waals surface area contributed by atoms with Gasteiger partial charge in [0, 0.05) is 17.1 Å². The molecule has 0 aliphatic heterocycles. The third-order valence-electron chi connectivity index (χ3n) is 13.1. The first-order valence-electron chi connectivity index (χ1n) is 22.4. The number of hydrogen-bond acceptors (Lipinski definition) is 1. The Bertz CT molecular complexity index is 3660. The van der Waals surface area contributed by atoms with Crippen molar-refractivity contribution in [2.45, 2.75) is 0 Å². The molecule has 0 saturated heterocycles. The van der Waals surface area contributed by atoms with E-state index in [0.717, 1.165) is 17.1 Å². The molecule has 0 saturated carbocycles. The average molecular weight is 826 g/mol. The molecule has 12 rings (SSSR count). The fourth-order valence-corrected chi connectivity index (χ4v) is 9.78. The fraction of sp³-hybridized carbons (Fsp3) is 0. The van der Waals surface area contributed by atoms with Crippen molar-refractivity contribution in [3.63, 3.8) is 0 Å². The van der Waals surface area contributed by atoms with Crippen molar-refractivity contribution in [1.82, 2.24) is 0 Å². The maximum absolute atomic E-state index is 2.37. The van der Waals surface area contributed by atoms with Crippen LogP contribution in [0.2, 0.25) is 0 Å². The molecule has 0 heterocycles. The standard InChI is InChI=1S/C64H43N/c1-2-13-44(14-3-1)45-25-27-46(28-26-45)47-29-35-54(36-30-47)65(56-39-33-49(34-40-56)63-42-52-15-4-6-19-57(52)59-21-8-10-23-61(59)63)55-37-31-48(32-38-55)50-17-12-18-51(41-50)64-43-53-16-5-7-20-58(53)60-22-9-11-24-62(60)64/h1-43H. The molecule has 1 nitrogen and oxygen atoms in total. The van der Waals surface area contributed by atoms with Crippen LogP contribution >= 0.6 is 0 Å². The van der Waals surface area contributed by atoms with Crippen molar-refractivity contribution in [2.24, 2.45) is 0 Å². The Kier molecular flexibility index (Phi) is 9.58. The van der Waals surface area contributed by atoms with Crippen LogP contribution in [0.5, 0.6) is 0 Å². The SMILES string of the molecule is c1ccc(-c2ccc(-c3ccc(N(c4ccc(-c5cccc(-c6cc7ccccc7c7ccccc67)c5)cc4)c4ccc(-c5cc6ccccc6c6ccccc56)cc4)cc3)cc2)cc1. The third-order valence-corrected chi connectivity index (χ3v) is 13.1. The van der Waals surface area contributed by atoms with E-state index in [4.69, 9.17) is 0 Å². The van der Waals surface area contributed by atoms with Crippen LogP contribution < -0.4 is 4.90 Å². The van der Waals surface area contributed by atoms with Crippen LogP contribution in [0.1, 0.15) is 0 Å². The molecule has 0 radical (unpaired) electrons. The lowest BCUT2D eigenvalue weighted by molar-refractivity contribution is 1.28. The number of benzene rings is 12. The van der Waals surface area contributed by atoms with Gasteiger partial charge in [0.1, 0.15) is 0 Å². The predicted molar refractivity (Wildman–Crippen MR) is 278 cm³/mol. The minimum absolute atomic E-state index is 1.09. The summed E-state index contributed by atoms with van der Waals surface area (Å²) in [4.78, 5) is 2.37. The highest BCUT2D eigenvalue weighted by molar-refractivity contribution is 6.15. The molecule has 0 bridgehead atoms. The lowest BCUT2D eigenvalue weighted by atomic mass is 9.92. The Labute approximate surface area is 379 Å². The Morgan fingerprint density at radius 1 is 0.185 bits per heavy atom. The molecular formula is C64H43N. The smallest absolute Gasteiger partial charge is 0.0462 e. The molecule has 0 aromatic heterocycles. The van der Waals surface area contributed by atoms with Gasteiger partial charge in [-0.1, -0.05) is 206 Å². The van der Waals surface area contributed by atoms with Crippen molar-refractivity contribution < 1.29 is 0 Å². The molecule has 12 aromatic rings. The Hall–Kier alpha value is -8.52. The van der Waals surface area contributed by atoms with E-state index in [1.165, 1.54) is 98.7 Å². The second kappa shape index (κ2) is 16.3.